The van der Waals surface area contributed by atoms with Gasteiger partial charge in [0, 0.05) is 18.5 Å². The fraction of sp³-hybridized carbons (Fsp3) is 0.538. The van der Waals surface area contributed by atoms with Crippen molar-refractivity contribution >= 4 is 11.8 Å². The molecule has 2 aromatic rings. The predicted octanol–water partition coefficient (Wildman–Crippen LogP) is 1.93. The van der Waals surface area contributed by atoms with Crippen LogP contribution in [0.25, 0.3) is 0 Å². The molecule has 1 fully saturated rings. The minimum absolute atomic E-state index is 0.471. The molecular formula is C13H18N6S. The fourth-order valence-electron chi connectivity index (χ4n) is 2.54. The molecule has 0 atom stereocenters. The van der Waals surface area contributed by atoms with Crippen LogP contribution in [0.2, 0.25) is 0 Å². The lowest BCUT2D eigenvalue weighted by atomic mass is 10.2. The maximum atomic E-state index is 5.61. The molecule has 106 valence electrons. The van der Waals surface area contributed by atoms with E-state index < -0.39 is 0 Å². The van der Waals surface area contributed by atoms with Crippen LogP contribution in [0.1, 0.15) is 43.0 Å². The first-order chi connectivity index (χ1) is 9.86. The van der Waals surface area contributed by atoms with Crippen molar-refractivity contribution in [2.75, 3.05) is 0 Å². The van der Waals surface area contributed by atoms with E-state index in [2.05, 4.69) is 20.5 Å². The number of rotatable bonds is 5. The molecule has 0 bridgehead atoms. The minimum Gasteiger partial charge on any atom is -0.325 e. The van der Waals surface area contributed by atoms with Crippen molar-refractivity contribution in [3.8, 4) is 0 Å². The smallest absolute Gasteiger partial charge is 0.209 e. The van der Waals surface area contributed by atoms with E-state index in [0.29, 0.717) is 12.6 Å². The predicted molar refractivity (Wildman–Crippen MR) is 77.0 cm³/mol. The first-order valence-electron chi connectivity index (χ1n) is 6.91. The summed E-state index contributed by atoms with van der Waals surface area (Å²) in [4.78, 5) is 4.20. The molecule has 1 aliphatic carbocycles. The Bertz CT molecular complexity index is 563. The van der Waals surface area contributed by atoms with E-state index in [-0.39, 0.29) is 0 Å². The van der Waals surface area contributed by atoms with Crippen LogP contribution in [0.4, 0.5) is 0 Å². The summed E-state index contributed by atoms with van der Waals surface area (Å²) in [5.41, 5.74) is 7.73. The van der Waals surface area contributed by atoms with Crippen molar-refractivity contribution in [2.45, 2.75) is 49.2 Å². The molecule has 0 radical (unpaired) electrons. The minimum atomic E-state index is 0.471. The van der Waals surface area contributed by atoms with Gasteiger partial charge in [-0.3, -0.25) is 4.98 Å². The molecule has 1 saturated carbocycles. The van der Waals surface area contributed by atoms with Gasteiger partial charge in [0.05, 0.1) is 11.7 Å². The number of tetrazole rings is 1. The van der Waals surface area contributed by atoms with Gasteiger partial charge in [0.25, 0.3) is 0 Å². The average molecular weight is 290 g/mol. The number of nitrogens with zero attached hydrogens (tertiary/aromatic N) is 5. The highest BCUT2D eigenvalue weighted by Crippen LogP contribution is 2.32. The van der Waals surface area contributed by atoms with Gasteiger partial charge in [0.15, 0.2) is 0 Å². The molecular weight excluding hydrogens is 272 g/mol. The summed E-state index contributed by atoms with van der Waals surface area (Å²) in [6.07, 6.45) is 6.73. The number of thioether (sulfide) groups is 1. The average Bonchev–Trinajstić information content (AvgIpc) is 3.16. The topological polar surface area (TPSA) is 82.5 Å². The first-order valence-corrected chi connectivity index (χ1v) is 7.90. The van der Waals surface area contributed by atoms with Crippen LogP contribution >= 0.6 is 11.8 Å². The Labute approximate surface area is 122 Å². The van der Waals surface area contributed by atoms with Crippen molar-refractivity contribution in [3.05, 3.63) is 29.6 Å². The molecule has 20 heavy (non-hydrogen) atoms. The van der Waals surface area contributed by atoms with Gasteiger partial charge in [-0.05, 0) is 41.0 Å². The second kappa shape index (κ2) is 6.32. The lowest BCUT2D eigenvalue weighted by Gasteiger charge is -2.10. The Hall–Kier alpha value is -1.47. The molecule has 0 saturated heterocycles. The summed E-state index contributed by atoms with van der Waals surface area (Å²) >= 11 is 1.67. The molecule has 1 aliphatic rings. The number of nitrogens with two attached hydrogens (primary N) is 1. The molecule has 0 aliphatic heterocycles. The van der Waals surface area contributed by atoms with Crippen molar-refractivity contribution in [1.29, 1.82) is 0 Å². The van der Waals surface area contributed by atoms with Crippen LogP contribution in [0.15, 0.2) is 23.5 Å². The highest BCUT2D eigenvalue weighted by atomic mass is 32.2. The zero-order valence-corrected chi connectivity index (χ0v) is 12.1. The summed E-state index contributed by atoms with van der Waals surface area (Å²) in [5.74, 6) is 0.836. The van der Waals surface area contributed by atoms with Crippen LogP contribution in [0.3, 0.4) is 0 Å². The second-order valence-electron chi connectivity index (χ2n) is 4.99. The lowest BCUT2D eigenvalue weighted by Crippen LogP contribution is -2.08. The Morgan fingerprint density at radius 2 is 2.20 bits per heavy atom. The third-order valence-corrected chi connectivity index (χ3v) is 4.60. The Balaban J connectivity index is 1.67. The van der Waals surface area contributed by atoms with E-state index in [0.717, 1.165) is 16.6 Å². The third-order valence-electron chi connectivity index (χ3n) is 3.59. The van der Waals surface area contributed by atoms with E-state index in [1.54, 1.807) is 18.0 Å². The molecule has 0 spiro atoms. The molecule has 2 aromatic heterocycles. The zero-order valence-electron chi connectivity index (χ0n) is 11.3. The monoisotopic (exact) mass is 290 g/mol. The molecule has 3 rings (SSSR count). The van der Waals surface area contributed by atoms with E-state index in [1.165, 1.54) is 31.2 Å². The van der Waals surface area contributed by atoms with Crippen LogP contribution < -0.4 is 5.73 Å². The number of hydrogen-bond acceptors (Lipinski definition) is 6. The summed E-state index contributed by atoms with van der Waals surface area (Å²) < 4.78 is 1.99. The van der Waals surface area contributed by atoms with Crippen LogP contribution in [0, 0.1) is 0 Å². The van der Waals surface area contributed by atoms with Crippen molar-refractivity contribution < 1.29 is 0 Å². The van der Waals surface area contributed by atoms with E-state index in [1.807, 2.05) is 16.8 Å². The zero-order chi connectivity index (χ0) is 13.8. The second-order valence-corrected chi connectivity index (χ2v) is 5.94. The largest absolute Gasteiger partial charge is 0.325 e. The Morgan fingerprint density at radius 3 is 3.00 bits per heavy atom. The molecule has 2 N–H and O–H groups in total. The molecule has 7 heteroatoms. The third kappa shape index (κ3) is 2.99. The maximum Gasteiger partial charge on any atom is 0.209 e. The quantitative estimate of drug-likeness (QED) is 0.847. The standard InChI is InChI=1S/C13H18N6S/c14-8-11-7-10(5-6-15-11)9-20-13-16-17-18-19(13)12-3-1-2-4-12/h5-7,12H,1-4,8-9,14H2. The molecule has 0 unspecified atom stereocenters. The summed E-state index contributed by atoms with van der Waals surface area (Å²) in [7, 11) is 0. The number of aromatic nitrogens is 5. The molecule has 2 heterocycles. The van der Waals surface area contributed by atoms with Crippen molar-refractivity contribution in [2.24, 2.45) is 5.73 Å². The van der Waals surface area contributed by atoms with Gasteiger partial charge in [-0.25, -0.2) is 4.68 Å². The van der Waals surface area contributed by atoms with E-state index in [4.69, 9.17) is 5.73 Å². The first kappa shape index (κ1) is 13.5. The van der Waals surface area contributed by atoms with Crippen LogP contribution in [0.5, 0.6) is 0 Å². The van der Waals surface area contributed by atoms with Crippen molar-refractivity contribution in [3.63, 3.8) is 0 Å². The summed E-state index contributed by atoms with van der Waals surface area (Å²) in [6, 6.07) is 4.52. The van der Waals surface area contributed by atoms with Crippen LogP contribution in [-0.4, -0.2) is 25.2 Å². The van der Waals surface area contributed by atoms with Gasteiger partial charge in [-0.15, -0.1) is 5.10 Å². The SMILES string of the molecule is NCc1cc(CSc2nnnn2C2CCCC2)ccn1. The Kier molecular flexibility index (Phi) is 4.27. The van der Waals surface area contributed by atoms with Gasteiger partial charge < -0.3 is 5.73 Å². The van der Waals surface area contributed by atoms with Crippen LogP contribution in [-0.2, 0) is 12.3 Å². The molecule has 6 nitrogen and oxygen atoms in total. The summed E-state index contributed by atoms with van der Waals surface area (Å²) in [6.45, 7) is 0.471. The lowest BCUT2D eigenvalue weighted by molar-refractivity contribution is 0.423. The van der Waals surface area contributed by atoms with Gasteiger partial charge in [0.2, 0.25) is 5.16 Å². The Morgan fingerprint density at radius 1 is 1.35 bits per heavy atom. The summed E-state index contributed by atoms with van der Waals surface area (Å²) in [5, 5.41) is 13.0. The maximum absolute atomic E-state index is 5.61. The fourth-order valence-corrected chi connectivity index (χ4v) is 3.42. The number of pyridine rings is 1. The highest BCUT2D eigenvalue weighted by Gasteiger charge is 2.21. The van der Waals surface area contributed by atoms with Gasteiger partial charge in [-0.1, -0.05) is 24.6 Å². The van der Waals surface area contributed by atoms with Gasteiger partial charge in [-0.2, -0.15) is 0 Å². The van der Waals surface area contributed by atoms with Crippen molar-refractivity contribution in [1.82, 2.24) is 25.2 Å². The molecule has 0 amide bonds. The number of hydrogen-bond donors (Lipinski definition) is 1. The van der Waals surface area contributed by atoms with E-state index >= 15 is 0 Å². The van der Waals surface area contributed by atoms with Gasteiger partial charge in [0.1, 0.15) is 0 Å². The molecule has 0 aromatic carbocycles. The van der Waals surface area contributed by atoms with Gasteiger partial charge >= 0.3 is 0 Å². The normalized spacial score (nSPS) is 15.8. The van der Waals surface area contributed by atoms with E-state index in [9.17, 15) is 0 Å². The highest BCUT2D eigenvalue weighted by molar-refractivity contribution is 7.98.